The van der Waals surface area contributed by atoms with E-state index >= 15 is 4.79 Å². The minimum atomic E-state index is -4.88. The van der Waals surface area contributed by atoms with E-state index < -0.39 is 58.0 Å². The number of halogens is 7. The predicted octanol–water partition coefficient (Wildman–Crippen LogP) is 9.12. The summed E-state index contributed by atoms with van der Waals surface area (Å²) in [6, 6.07) is 3.06. The Bertz CT molecular complexity index is 1710. The highest BCUT2D eigenvalue weighted by Gasteiger charge is 2.57. The van der Waals surface area contributed by atoms with Crippen molar-refractivity contribution < 1.29 is 40.7 Å². The topological polar surface area (TPSA) is 66.0 Å². The average Bonchev–Trinajstić information content (AvgIpc) is 3.86. The second-order valence-corrected chi connectivity index (χ2v) is 16.0. The number of piperidine rings is 1. The molecule has 2 saturated heterocycles. The number of alkyl halides is 6. The zero-order valence-electron chi connectivity index (χ0n) is 28.0. The van der Waals surface area contributed by atoms with Gasteiger partial charge in [-0.3, -0.25) is 14.6 Å². The van der Waals surface area contributed by atoms with Crippen LogP contribution < -0.4 is 4.74 Å². The number of hydrogen-bond donors (Lipinski definition) is 0. The molecule has 1 unspecified atom stereocenters. The van der Waals surface area contributed by atoms with Gasteiger partial charge in [0.15, 0.2) is 0 Å². The summed E-state index contributed by atoms with van der Waals surface area (Å²) in [5.74, 6) is -1.71. The summed E-state index contributed by atoms with van der Waals surface area (Å²) >= 11 is 8.36. The van der Waals surface area contributed by atoms with Crippen LogP contribution in [0.25, 0.3) is 0 Å². The Hall–Kier alpha value is -2.88. The van der Waals surface area contributed by atoms with Gasteiger partial charge in [0.2, 0.25) is 5.60 Å². The fourth-order valence-corrected chi connectivity index (χ4v) is 9.82. The smallest absolute Gasteiger partial charge is 0.425 e. The summed E-state index contributed by atoms with van der Waals surface area (Å²) < 4.78 is 90.6. The molecule has 0 bridgehead atoms. The highest BCUT2D eigenvalue weighted by Crippen LogP contribution is 2.46. The minimum Gasteiger partial charge on any atom is -0.474 e. The molecule has 3 aliphatic heterocycles. The maximum absolute atomic E-state index is 15.4. The highest BCUT2D eigenvalue weighted by molar-refractivity contribution is 7.16. The van der Waals surface area contributed by atoms with E-state index in [1.165, 1.54) is 21.6 Å². The molecule has 16 heteroatoms. The third kappa shape index (κ3) is 7.91. The monoisotopic (exact) mass is 776 g/mol. The second kappa shape index (κ2) is 15.2. The Morgan fingerprint density at radius 2 is 1.78 bits per heavy atom. The maximum Gasteiger partial charge on any atom is 0.425 e. The van der Waals surface area contributed by atoms with Gasteiger partial charge in [-0.25, -0.2) is 0 Å². The van der Waals surface area contributed by atoms with Crippen LogP contribution in [0.15, 0.2) is 35.8 Å². The zero-order chi connectivity index (χ0) is 36.6. The lowest BCUT2D eigenvalue weighted by Gasteiger charge is -2.51. The fraction of sp³-hybridized carbons (Fsp3) is 0.571. The van der Waals surface area contributed by atoms with Crippen LogP contribution in [0.2, 0.25) is 4.34 Å². The summed E-state index contributed by atoms with van der Waals surface area (Å²) in [6.07, 6.45) is -3.55. The summed E-state index contributed by atoms with van der Waals surface area (Å²) in [6.45, 7) is 4.96. The molecule has 0 radical (unpaired) electrons. The van der Waals surface area contributed by atoms with Crippen LogP contribution in [0.3, 0.4) is 0 Å². The molecule has 0 aromatic carbocycles. The Morgan fingerprint density at radius 3 is 2.47 bits per heavy atom. The fourth-order valence-electron chi connectivity index (χ4n) is 7.82. The molecule has 278 valence electrons. The Kier molecular flexibility index (Phi) is 11.3. The van der Waals surface area contributed by atoms with Crippen LogP contribution in [0, 0.1) is 0 Å². The van der Waals surface area contributed by atoms with Gasteiger partial charge in [-0.2, -0.15) is 26.3 Å². The van der Waals surface area contributed by atoms with Gasteiger partial charge < -0.3 is 19.4 Å². The zero-order valence-corrected chi connectivity index (χ0v) is 30.4. The van der Waals surface area contributed by atoms with Crippen LogP contribution in [-0.4, -0.2) is 75.9 Å². The van der Waals surface area contributed by atoms with E-state index in [2.05, 4.69) is 9.88 Å². The molecule has 3 aliphatic rings. The van der Waals surface area contributed by atoms with Crippen LogP contribution >= 0.6 is 34.3 Å². The number of ether oxygens (including phenoxy) is 1. The number of aromatic nitrogens is 1. The quantitative estimate of drug-likeness (QED) is 0.192. The van der Waals surface area contributed by atoms with Crippen LogP contribution in [-0.2, 0) is 23.6 Å². The van der Waals surface area contributed by atoms with Crippen LogP contribution in [0.1, 0.15) is 95.7 Å². The molecule has 0 N–H and O–H groups in total. The van der Waals surface area contributed by atoms with Crippen molar-refractivity contribution in [3.05, 3.63) is 66.8 Å². The summed E-state index contributed by atoms with van der Waals surface area (Å²) in [4.78, 5) is 38.8. The number of rotatable bonds is 10. The predicted molar refractivity (Wildman–Crippen MR) is 183 cm³/mol. The molecular weight excluding hydrogens is 738 g/mol. The van der Waals surface area contributed by atoms with E-state index in [0.717, 1.165) is 73.7 Å². The van der Waals surface area contributed by atoms with Crippen molar-refractivity contribution in [1.29, 1.82) is 0 Å². The SMILES string of the molecule is CCC[C@H]1N(C(=O)c2ncccc2C(F)(F)F)CCC[C@@]1(Oc1csc(C(F)(F)F)c1)C(=O)N1CCc2sc(Cl)cc2C1CCCN1CCCC1. The van der Waals surface area contributed by atoms with Gasteiger partial charge in [-0.15, -0.1) is 22.7 Å². The van der Waals surface area contributed by atoms with E-state index in [1.807, 2.05) is 13.0 Å². The number of likely N-dealkylation sites (tertiary alicyclic amines) is 2. The van der Waals surface area contributed by atoms with Gasteiger partial charge in [0.1, 0.15) is 16.3 Å². The molecule has 0 spiro atoms. The number of hydrogen-bond acceptors (Lipinski definition) is 7. The van der Waals surface area contributed by atoms with Gasteiger partial charge in [-0.1, -0.05) is 24.9 Å². The molecule has 0 aliphatic carbocycles. The van der Waals surface area contributed by atoms with Gasteiger partial charge in [0, 0.05) is 42.0 Å². The molecule has 6 rings (SSSR count). The number of amides is 2. The summed E-state index contributed by atoms with van der Waals surface area (Å²) in [7, 11) is 0. The molecule has 3 aromatic rings. The first kappa shape index (κ1) is 37.9. The lowest BCUT2D eigenvalue weighted by atomic mass is 9.79. The molecule has 2 amide bonds. The first-order valence-corrected chi connectivity index (χ1v) is 19.3. The summed E-state index contributed by atoms with van der Waals surface area (Å²) in [5.41, 5.74) is -3.00. The number of carbonyl (C=O) groups is 2. The van der Waals surface area contributed by atoms with Crippen molar-refractivity contribution in [3.63, 3.8) is 0 Å². The molecular formula is C35H39ClF6N4O3S2. The number of fused-ring (bicyclic) bond motifs is 1. The first-order valence-electron chi connectivity index (χ1n) is 17.2. The Balaban J connectivity index is 1.42. The highest BCUT2D eigenvalue weighted by atomic mass is 35.5. The normalized spacial score (nSPS) is 23.1. The van der Waals surface area contributed by atoms with Crippen molar-refractivity contribution in [2.24, 2.45) is 0 Å². The number of carbonyl (C=O) groups excluding carboxylic acids is 2. The molecule has 7 nitrogen and oxygen atoms in total. The average molecular weight is 777 g/mol. The van der Waals surface area contributed by atoms with Crippen molar-refractivity contribution in [1.82, 2.24) is 19.7 Å². The van der Waals surface area contributed by atoms with Gasteiger partial charge >= 0.3 is 12.4 Å². The first-order chi connectivity index (χ1) is 24.2. The van der Waals surface area contributed by atoms with E-state index in [9.17, 15) is 31.1 Å². The third-order valence-electron chi connectivity index (χ3n) is 10.1. The van der Waals surface area contributed by atoms with Crippen molar-refractivity contribution in [3.8, 4) is 5.75 Å². The van der Waals surface area contributed by atoms with Gasteiger partial charge in [-0.05, 0) is 88.3 Å². The van der Waals surface area contributed by atoms with Crippen molar-refractivity contribution in [2.75, 3.05) is 32.7 Å². The molecule has 51 heavy (non-hydrogen) atoms. The van der Waals surface area contributed by atoms with E-state index in [1.54, 1.807) is 4.90 Å². The van der Waals surface area contributed by atoms with E-state index in [-0.39, 0.29) is 38.1 Å². The van der Waals surface area contributed by atoms with Crippen LogP contribution in [0.4, 0.5) is 26.3 Å². The molecule has 6 heterocycles. The maximum atomic E-state index is 15.4. The lowest BCUT2D eigenvalue weighted by Crippen LogP contribution is -2.68. The van der Waals surface area contributed by atoms with Crippen molar-refractivity contribution >= 4 is 46.1 Å². The minimum absolute atomic E-state index is 0.0107. The lowest BCUT2D eigenvalue weighted by molar-refractivity contribution is -0.162. The standard InChI is InChI=1S/C35H39ClF6N4O3S2/c1-2-8-27-33(49-22-19-28(50-21-22)35(40,41)42,12-7-17-46(27)31(47)30-24(34(37,38)39)9-5-13-43-30)32(48)45-18-11-26-23(20-29(36)51-26)25(45)10-6-16-44-14-3-4-15-44/h5,9,13,19-21,25,27H,2-4,6-8,10-12,14-18H2,1H3/t25?,27-,33+/m1/s1. The van der Waals surface area contributed by atoms with Gasteiger partial charge in [0.05, 0.1) is 22.0 Å². The van der Waals surface area contributed by atoms with E-state index in [0.29, 0.717) is 34.9 Å². The third-order valence-corrected chi connectivity index (χ3v) is 12.3. The molecule has 0 saturated carbocycles. The Morgan fingerprint density at radius 1 is 1.02 bits per heavy atom. The molecule has 3 atom stereocenters. The Labute approximate surface area is 305 Å². The van der Waals surface area contributed by atoms with Crippen molar-refractivity contribution in [2.45, 2.75) is 94.7 Å². The molecule has 3 aromatic heterocycles. The summed E-state index contributed by atoms with van der Waals surface area (Å²) in [5, 5.41) is 1.18. The van der Waals surface area contributed by atoms with Crippen LogP contribution in [0.5, 0.6) is 5.75 Å². The molecule has 2 fully saturated rings. The second-order valence-electron chi connectivity index (χ2n) is 13.3. The number of thiophene rings is 2. The van der Waals surface area contributed by atoms with E-state index in [4.69, 9.17) is 16.3 Å². The number of pyridine rings is 1. The number of nitrogens with zero attached hydrogens (tertiary/aromatic N) is 4. The largest absolute Gasteiger partial charge is 0.474 e. The van der Waals surface area contributed by atoms with Gasteiger partial charge in [0.25, 0.3) is 11.8 Å².